The lowest BCUT2D eigenvalue weighted by Gasteiger charge is -2.07. The zero-order valence-electron chi connectivity index (χ0n) is 9.09. The molecule has 88 valence electrons. The molecule has 17 heavy (non-hydrogen) atoms. The fourth-order valence-electron chi connectivity index (χ4n) is 2.08. The van der Waals surface area contributed by atoms with Gasteiger partial charge in [0.15, 0.2) is 0 Å². The normalized spacial score (nSPS) is 16.5. The monoisotopic (exact) mass is 233 g/mol. The third kappa shape index (κ3) is 2.22. The summed E-state index contributed by atoms with van der Waals surface area (Å²) in [5, 5.41) is 10.8. The number of hydrogen-bond donors (Lipinski definition) is 0. The number of Topliss-reactive ketones (excluding diaryl/α,β-unsaturated/α-hetero) is 2. The van der Waals surface area contributed by atoms with Gasteiger partial charge in [-0.1, -0.05) is 18.2 Å². The van der Waals surface area contributed by atoms with E-state index >= 15 is 0 Å². The molecule has 0 atom stereocenters. The van der Waals surface area contributed by atoms with Gasteiger partial charge in [0.2, 0.25) is 0 Å². The molecule has 0 amide bonds. The van der Waals surface area contributed by atoms with Gasteiger partial charge in [-0.05, 0) is 6.42 Å². The van der Waals surface area contributed by atoms with Crippen molar-refractivity contribution >= 4 is 17.3 Å². The predicted octanol–water partition coefficient (Wildman–Crippen LogP) is 1.69. The van der Waals surface area contributed by atoms with Gasteiger partial charge in [-0.25, -0.2) is 0 Å². The van der Waals surface area contributed by atoms with Crippen molar-refractivity contribution < 1.29 is 14.5 Å². The Morgan fingerprint density at radius 2 is 1.76 bits per heavy atom. The quantitative estimate of drug-likeness (QED) is 0.452. The van der Waals surface area contributed by atoms with E-state index in [9.17, 15) is 19.7 Å². The molecule has 1 saturated carbocycles. The maximum Gasteiger partial charge on any atom is 0.272 e. The van der Waals surface area contributed by atoms with Crippen molar-refractivity contribution in [3.05, 3.63) is 39.9 Å². The zero-order chi connectivity index (χ0) is 12.4. The van der Waals surface area contributed by atoms with Crippen molar-refractivity contribution in [2.45, 2.75) is 19.3 Å². The lowest BCUT2D eigenvalue weighted by molar-refractivity contribution is -0.385. The first-order valence-electron chi connectivity index (χ1n) is 5.37. The van der Waals surface area contributed by atoms with Gasteiger partial charge in [0.05, 0.1) is 10.8 Å². The van der Waals surface area contributed by atoms with Gasteiger partial charge in [-0.2, -0.15) is 0 Å². The van der Waals surface area contributed by atoms with Crippen LogP contribution in [0.25, 0.3) is 0 Å². The van der Waals surface area contributed by atoms with Gasteiger partial charge < -0.3 is 0 Å². The van der Waals surface area contributed by atoms with Crippen molar-refractivity contribution in [3.63, 3.8) is 0 Å². The van der Waals surface area contributed by atoms with Gasteiger partial charge in [0, 0.05) is 24.5 Å². The maximum absolute atomic E-state index is 11.5. The molecule has 1 aliphatic rings. The summed E-state index contributed by atoms with van der Waals surface area (Å²) >= 11 is 0. The van der Waals surface area contributed by atoms with Crippen LogP contribution in [0.3, 0.4) is 0 Å². The average molecular weight is 233 g/mol. The highest BCUT2D eigenvalue weighted by molar-refractivity contribution is 6.08. The third-order valence-electron chi connectivity index (χ3n) is 3.01. The van der Waals surface area contributed by atoms with Crippen molar-refractivity contribution in [2.24, 2.45) is 5.92 Å². The molecule has 0 saturated heterocycles. The highest BCUT2D eigenvalue weighted by Crippen LogP contribution is 2.26. The minimum Gasteiger partial charge on any atom is -0.299 e. The number of rotatable bonds is 3. The van der Waals surface area contributed by atoms with Crippen molar-refractivity contribution in [1.29, 1.82) is 0 Å². The Morgan fingerprint density at radius 3 is 2.35 bits per heavy atom. The molecule has 0 N–H and O–H groups in total. The van der Waals surface area contributed by atoms with Gasteiger partial charge in [0.1, 0.15) is 11.6 Å². The maximum atomic E-state index is 11.5. The van der Waals surface area contributed by atoms with E-state index in [1.54, 1.807) is 18.2 Å². The molecular formula is C12H11NO4. The first-order valence-corrected chi connectivity index (χ1v) is 5.37. The summed E-state index contributed by atoms with van der Waals surface area (Å²) in [5.41, 5.74) is 0.422. The van der Waals surface area contributed by atoms with E-state index in [-0.39, 0.29) is 36.5 Å². The highest BCUT2D eigenvalue weighted by atomic mass is 16.6. The Morgan fingerprint density at radius 1 is 1.18 bits per heavy atom. The van der Waals surface area contributed by atoms with Crippen LogP contribution in [-0.2, 0) is 16.0 Å². The summed E-state index contributed by atoms with van der Waals surface area (Å²) < 4.78 is 0. The molecule has 2 rings (SSSR count). The van der Waals surface area contributed by atoms with Gasteiger partial charge in [-0.3, -0.25) is 19.7 Å². The van der Waals surface area contributed by atoms with E-state index in [0.717, 1.165) is 0 Å². The largest absolute Gasteiger partial charge is 0.299 e. The molecule has 5 heteroatoms. The molecule has 0 radical (unpaired) electrons. The van der Waals surface area contributed by atoms with Gasteiger partial charge >= 0.3 is 0 Å². The van der Waals surface area contributed by atoms with Crippen LogP contribution in [0.15, 0.2) is 24.3 Å². The molecule has 5 nitrogen and oxygen atoms in total. The standard InChI is InChI=1S/C12H11NO4/c14-11-5-6-12(15)9(11)7-8-3-1-2-4-10(8)13(16)17/h1-4,9H,5-7H2. The average Bonchev–Trinajstić information content (AvgIpc) is 2.61. The van der Waals surface area contributed by atoms with Crippen molar-refractivity contribution in [3.8, 4) is 0 Å². The summed E-state index contributed by atoms with van der Waals surface area (Å²) in [6.07, 6.45) is 0.684. The SMILES string of the molecule is O=C1CCC(=O)C1Cc1ccccc1[N+](=O)[O-]. The van der Waals surface area contributed by atoms with E-state index in [0.29, 0.717) is 5.56 Å². The number of ketones is 2. The second kappa shape index (κ2) is 4.45. The molecule has 1 fully saturated rings. The van der Waals surface area contributed by atoms with Crippen molar-refractivity contribution in [1.82, 2.24) is 0 Å². The van der Waals surface area contributed by atoms with Gasteiger partial charge in [-0.15, -0.1) is 0 Å². The van der Waals surface area contributed by atoms with Gasteiger partial charge in [0.25, 0.3) is 5.69 Å². The smallest absolute Gasteiger partial charge is 0.272 e. The predicted molar refractivity (Wildman–Crippen MR) is 59.5 cm³/mol. The van der Waals surface area contributed by atoms with Crippen LogP contribution in [0.1, 0.15) is 18.4 Å². The molecular weight excluding hydrogens is 222 g/mol. The Bertz CT molecular complexity index is 479. The summed E-state index contributed by atoms with van der Waals surface area (Å²) in [6.45, 7) is 0. The topological polar surface area (TPSA) is 77.3 Å². The number of nitrogens with zero attached hydrogens (tertiary/aromatic N) is 1. The Labute approximate surface area is 97.6 Å². The van der Waals surface area contributed by atoms with Crippen LogP contribution in [-0.4, -0.2) is 16.5 Å². The second-order valence-corrected chi connectivity index (χ2v) is 4.08. The third-order valence-corrected chi connectivity index (χ3v) is 3.01. The molecule has 0 aromatic heterocycles. The van der Waals surface area contributed by atoms with Crippen LogP contribution in [0.5, 0.6) is 0 Å². The Kier molecular flexibility index (Phi) is 2.99. The minimum atomic E-state index is -0.684. The molecule has 0 aliphatic heterocycles. The molecule has 0 unspecified atom stereocenters. The number of para-hydroxylation sites is 1. The second-order valence-electron chi connectivity index (χ2n) is 4.08. The highest BCUT2D eigenvalue weighted by Gasteiger charge is 2.34. The molecule has 0 heterocycles. The summed E-state index contributed by atoms with van der Waals surface area (Å²) in [7, 11) is 0. The van der Waals surface area contributed by atoms with Crippen LogP contribution >= 0.6 is 0 Å². The Hall–Kier alpha value is -2.04. The van der Waals surface area contributed by atoms with E-state index in [4.69, 9.17) is 0 Å². The minimum absolute atomic E-state index is 0.0278. The first kappa shape index (κ1) is 11.4. The van der Waals surface area contributed by atoms with Crippen LogP contribution in [0.4, 0.5) is 5.69 Å². The first-order chi connectivity index (χ1) is 8.09. The molecule has 0 spiro atoms. The number of nitro groups is 1. The van der Waals surface area contributed by atoms with E-state index in [1.807, 2.05) is 0 Å². The number of hydrogen-bond acceptors (Lipinski definition) is 4. The fraction of sp³-hybridized carbons (Fsp3) is 0.333. The van der Waals surface area contributed by atoms with Crippen LogP contribution in [0.2, 0.25) is 0 Å². The van der Waals surface area contributed by atoms with Crippen LogP contribution in [0, 0.1) is 16.0 Å². The lowest BCUT2D eigenvalue weighted by atomic mass is 9.95. The molecule has 1 aromatic carbocycles. The molecule has 1 aromatic rings. The lowest BCUT2D eigenvalue weighted by Crippen LogP contribution is -2.17. The van der Waals surface area contributed by atoms with E-state index in [1.165, 1.54) is 6.07 Å². The fourth-order valence-corrected chi connectivity index (χ4v) is 2.08. The number of carbonyl (C=O) groups excluding carboxylic acids is 2. The number of benzene rings is 1. The van der Waals surface area contributed by atoms with E-state index in [2.05, 4.69) is 0 Å². The van der Waals surface area contributed by atoms with Crippen LogP contribution < -0.4 is 0 Å². The summed E-state index contributed by atoms with van der Waals surface area (Å²) in [5.74, 6) is -0.891. The summed E-state index contributed by atoms with van der Waals surface area (Å²) in [4.78, 5) is 33.3. The summed E-state index contributed by atoms with van der Waals surface area (Å²) in [6, 6.07) is 6.22. The number of carbonyl (C=O) groups is 2. The molecule has 0 bridgehead atoms. The Balaban J connectivity index is 2.27. The zero-order valence-corrected chi connectivity index (χ0v) is 9.09. The van der Waals surface area contributed by atoms with Crippen molar-refractivity contribution in [2.75, 3.05) is 0 Å². The molecule has 1 aliphatic carbocycles. The van der Waals surface area contributed by atoms with E-state index < -0.39 is 10.8 Å². The number of nitro benzene ring substituents is 1.